The maximum atomic E-state index is 11.8. The van der Waals surface area contributed by atoms with Crippen molar-refractivity contribution in [3.05, 3.63) is 34.9 Å². The molecule has 0 saturated heterocycles. The third-order valence-corrected chi connectivity index (χ3v) is 2.22. The normalized spacial score (nSPS) is 10.4. The van der Waals surface area contributed by atoms with Gasteiger partial charge in [0, 0.05) is 12.7 Å². The summed E-state index contributed by atoms with van der Waals surface area (Å²) in [4.78, 5) is 11.8. The van der Waals surface area contributed by atoms with E-state index in [0.29, 0.717) is 25.3 Å². The van der Waals surface area contributed by atoms with Crippen LogP contribution in [0.3, 0.4) is 0 Å². The first-order valence-electron chi connectivity index (χ1n) is 5.01. The van der Waals surface area contributed by atoms with E-state index in [0.717, 1.165) is 0 Å². The van der Waals surface area contributed by atoms with Crippen LogP contribution in [0.25, 0.3) is 5.65 Å². The Hall–Kier alpha value is -2.06. The van der Waals surface area contributed by atoms with Gasteiger partial charge in [0.05, 0.1) is 13.1 Å². The Bertz CT molecular complexity index is 575. The highest BCUT2D eigenvalue weighted by atomic mass is 16.2. The zero-order valence-corrected chi connectivity index (χ0v) is 8.76. The summed E-state index contributed by atoms with van der Waals surface area (Å²) < 4.78 is 2.94. The summed E-state index contributed by atoms with van der Waals surface area (Å²) in [5.74, 6) is 2.47. The average Bonchev–Trinajstić information content (AvgIpc) is 2.63. The lowest BCUT2D eigenvalue weighted by Crippen LogP contribution is -2.27. The molecule has 0 spiro atoms. The van der Waals surface area contributed by atoms with Gasteiger partial charge in [-0.15, -0.1) is 11.5 Å². The predicted octanol–water partition coefficient (Wildman–Crippen LogP) is -0.281. The second-order valence-electron chi connectivity index (χ2n) is 3.32. The van der Waals surface area contributed by atoms with Gasteiger partial charge in [0.25, 0.3) is 0 Å². The molecule has 0 aliphatic rings. The van der Waals surface area contributed by atoms with Crippen LogP contribution in [0.2, 0.25) is 0 Å². The number of nitrogens with one attached hydrogen (secondary N) is 1. The number of aromatic nitrogens is 3. The van der Waals surface area contributed by atoms with Crippen LogP contribution >= 0.6 is 0 Å². The van der Waals surface area contributed by atoms with Crippen LogP contribution in [-0.4, -0.2) is 27.3 Å². The summed E-state index contributed by atoms with van der Waals surface area (Å²) >= 11 is 0. The van der Waals surface area contributed by atoms with Crippen LogP contribution in [0.5, 0.6) is 0 Å². The van der Waals surface area contributed by atoms with Gasteiger partial charge in [0.2, 0.25) is 0 Å². The molecule has 0 aromatic carbocycles. The van der Waals surface area contributed by atoms with Gasteiger partial charge in [0.1, 0.15) is 0 Å². The van der Waals surface area contributed by atoms with Gasteiger partial charge < -0.3 is 5.32 Å². The average molecular weight is 216 g/mol. The van der Waals surface area contributed by atoms with E-state index in [-0.39, 0.29) is 5.69 Å². The third-order valence-electron chi connectivity index (χ3n) is 2.22. The zero-order valence-electron chi connectivity index (χ0n) is 8.76. The highest BCUT2D eigenvalue weighted by Crippen LogP contribution is 1.94. The zero-order chi connectivity index (χ0) is 11.4. The van der Waals surface area contributed by atoms with Gasteiger partial charge in [-0.25, -0.2) is 9.48 Å². The Kier molecular flexibility index (Phi) is 3.03. The third kappa shape index (κ3) is 1.97. The first kappa shape index (κ1) is 10.5. The summed E-state index contributed by atoms with van der Waals surface area (Å²) in [6.45, 7) is 1.65. The van der Waals surface area contributed by atoms with Gasteiger partial charge in [-0.05, 0) is 12.1 Å². The SMILES string of the molecule is C#CCNCCn1nc2ccccn2c1=O. The van der Waals surface area contributed by atoms with E-state index in [9.17, 15) is 4.79 Å². The second kappa shape index (κ2) is 4.64. The summed E-state index contributed by atoms with van der Waals surface area (Å²) in [6.07, 6.45) is 6.80. The molecule has 0 unspecified atom stereocenters. The summed E-state index contributed by atoms with van der Waals surface area (Å²) in [6, 6.07) is 5.45. The lowest BCUT2D eigenvalue weighted by molar-refractivity contribution is 0.559. The number of hydrogen-bond acceptors (Lipinski definition) is 3. The minimum Gasteiger partial charge on any atom is -0.304 e. The molecule has 5 nitrogen and oxygen atoms in total. The van der Waals surface area contributed by atoms with Crippen LogP contribution in [0.15, 0.2) is 29.2 Å². The Morgan fingerprint density at radius 1 is 1.50 bits per heavy atom. The molecule has 2 aromatic rings. The van der Waals surface area contributed by atoms with Gasteiger partial charge in [-0.1, -0.05) is 12.0 Å². The molecule has 2 aromatic heterocycles. The number of nitrogens with zero attached hydrogens (tertiary/aromatic N) is 3. The van der Waals surface area contributed by atoms with E-state index >= 15 is 0 Å². The van der Waals surface area contributed by atoms with Crippen LogP contribution < -0.4 is 11.0 Å². The topological polar surface area (TPSA) is 51.3 Å². The maximum Gasteiger partial charge on any atom is 0.350 e. The minimum atomic E-state index is -0.127. The lowest BCUT2D eigenvalue weighted by Gasteiger charge is -1.98. The number of pyridine rings is 1. The van der Waals surface area contributed by atoms with Crippen molar-refractivity contribution < 1.29 is 0 Å². The quantitative estimate of drug-likeness (QED) is 0.565. The van der Waals surface area contributed by atoms with Crippen LogP contribution in [0, 0.1) is 12.3 Å². The van der Waals surface area contributed by atoms with Crippen molar-refractivity contribution in [2.24, 2.45) is 0 Å². The van der Waals surface area contributed by atoms with Crippen molar-refractivity contribution in [1.29, 1.82) is 0 Å². The molecule has 0 atom stereocenters. The second-order valence-corrected chi connectivity index (χ2v) is 3.32. The molecule has 2 heterocycles. The van der Waals surface area contributed by atoms with Gasteiger partial charge in [-0.2, -0.15) is 0 Å². The fourth-order valence-corrected chi connectivity index (χ4v) is 1.46. The molecule has 0 aliphatic carbocycles. The molecule has 2 rings (SSSR count). The number of rotatable bonds is 4. The molecule has 82 valence electrons. The van der Waals surface area contributed by atoms with E-state index < -0.39 is 0 Å². The molecule has 0 saturated carbocycles. The summed E-state index contributed by atoms with van der Waals surface area (Å²) in [5, 5.41) is 7.20. The van der Waals surface area contributed by atoms with Crippen molar-refractivity contribution in [3.8, 4) is 12.3 Å². The van der Waals surface area contributed by atoms with Crippen molar-refractivity contribution in [3.63, 3.8) is 0 Å². The van der Waals surface area contributed by atoms with E-state index in [2.05, 4.69) is 16.3 Å². The Morgan fingerprint density at radius 3 is 3.12 bits per heavy atom. The summed E-state index contributed by atoms with van der Waals surface area (Å²) in [7, 11) is 0. The van der Waals surface area contributed by atoms with Gasteiger partial charge in [0.15, 0.2) is 5.65 Å². The highest BCUT2D eigenvalue weighted by molar-refractivity contribution is 5.35. The molecule has 16 heavy (non-hydrogen) atoms. The van der Waals surface area contributed by atoms with Crippen LogP contribution in [0.1, 0.15) is 0 Å². The first-order chi connectivity index (χ1) is 7.83. The molecular weight excluding hydrogens is 204 g/mol. The molecule has 0 radical (unpaired) electrons. The molecule has 1 N–H and O–H groups in total. The van der Waals surface area contributed by atoms with Crippen LogP contribution in [0.4, 0.5) is 0 Å². The van der Waals surface area contributed by atoms with E-state index in [1.165, 1.54) is 9.08 Å². The maximum absolute atomic E-state index is 11.8. The predicted molar refractivity (Wildman–Crippen MR) is 61.2 cm³/mol. The molecule has 0 fully saturated rings. The Balaban J connectivity index is 2.16. The monoisotopic (exact) mass is 216 g/mol. The van der Waals surface area contributed by atoms with Crippen molar-refractivity contribution in [2.45, 2.75) is 6.54 Å². The molecule has 0 aliphatic heterocycles. The molecule has 5 heteroatoms. The fourth-order valence-electron chi connectivity index (χ4n) is 1.46. The van der Waals surface area contributed by atoms with Crippen molar-refractivity contribution >= 4 is 5.65 Å². The number of fused-ring (bicyclic) bond motifs is 1. The largest absolute Gasteiger partial charge is 0.350 e. The smallest absolute Gasteiger partial charge is 0.304 e. The summed E-state index contributed by atoms with van der Waals surface area (Å²) in [5.41, 5.74) is 0.530. The van der Waals surface area contributed by atoms with E-state index in [1.54, 1.807) is 18.3 Å². The Morgan fingerprint density at radius 2 is 2.38 bits per heavy atom. The molecular formula is C11H12N4O. The van der Waals surface area contributed by atoms with E-state index in [1.807, 2.05) is 6.07 Å². The lowest BCUT2D eigenvalue weighted by atomic mass is 10.5. The van der Waals surface area contributed by atoms with Crippen molar-refractivity contribution in [1.82, 2.24) is 19.5 Å². The standard InChI is InChI=1S/C11H12N4O/c1-2-6-12-7-9-15-11(16)14-8-4-3-5-10(14)13-15/h1,3-5,8,12H,6-7,9H2. The van der Waals surface area contributed by atoms with Crippen LogP contribution in [-0.2, 0) is 6.54 Å². The van der Waals surface area contributed by atoms with E-state index in [4.69, 9.17) is 6.42 Å². The Labute approximate surface area is 92.7 Å². The number of hydrogen-bond donors (Lipinski definition) is 1. The fraction of sp³-hybridized carbons (Fsp3) is 0.273. The minimum absolute atomic E-state index is 0.127. The van der Waals surface area contributed by atoms with Crippen molar-refractivity contribution in [2.75, 3.05) is 13.1 Å². The molecule has 0 amide bonds. The highest BCUT2D eigenvalue weighted by Gasteiger charge is 2.04. The molecule has 0 bridgehead atoms. The van der Waals surface area contributed by atoms with Gasteiger partial charge >= 0.3 is 5.69 Å². The van der Waals surface area contributed by atoms with Gasteiger partial charge in [-0.3, -0.25) is 4.40 Å². The number of terminal acetylenes is 1. The first-order valence-corrected chi connectivity index (χ1v) is 5.01.